The summed E-state index contributed by atoms with van der Waals surface area (Å²) in [5, 5.41) is 0. The van der Waals surface area contributed by atoms with Gasteiger partial charge in [-0.1, -0.05) is 36.8 Å². The topological polar surface area (TPSA) is 26.0 Å². The Morgan fingerprint density at radius 1 is 1.33 bits per heavy atom. The third kappa shape index (κ3) is 1.05. The SMILES string of the molecule is Cc1ccc(C2(C)CC2N)cc1. The molecule has 1 nitrogen and oxygen atoms in total. The molecular formula is C11H15N. The van der Waals surface area contributed by atoms with Gasteiger partial charge < -0.3 is 5.73 Å². The van der Waals surface area contributed by atoms with Crippen molar-refractivity contribution in [2.45, 2.75) is 31.7 Å². The van der Waals surface area contributed by atoms with Crippen molar-refractivity contribution in [3.05, 3.63) is 35.4 Å². The van der Waals surface area contributed by atoms with Crippen LogP contribution in [0.25, 0.3) is 0 Å². The predicted molar refractivity (Wildman–Crippen MR) is 51.1 cm³/mol. The van der Waals surface area contributed by atoms with E-state index >= 15 is 0 Å². The number of hydrogen-bond donors (Lipinski definition) is 1. The first kappa shape index (κ1) is 7.81. The van der Waals surface area contributed by atoms with E-state index in [1.54, 1.807) is 0 Å². The van der Waals surface area contributed by atoms with Gasteiger partial charge in [0.05, 0.1) is 0 Å². The van der Waals surface area contributed by atoms with Crippen LogP contribution >= 0.6 is 0 Å². The molecule has 2 unspecified atom stereocenters. The lowest BCUT2D eigenvalue weighted by molar-refractivity contribution is 0.741. The van der Waals surface area contributed by atoms with Crippen LogP contribution in [0.2, 0.25) is 0 Å². The molecule has 1 aliphatic carbocycles. The van der Waals surface area contributed by atoms with Gasteiger partial charge in [-0.2, -0.15) is 0 Å². The summed E-state index contributed by atoms with van der Waals surface area (Å²) in [6.45, 7) is 4.35. The Hall–Kier alpha value is -0.820. The smallest absolute Gasteiger partial charge is 0.0143 e. The number of aryl methyl sites for hydroxylation is 1. The Labute approximate surface area is 73.6 Å². The molecule has 1 fully saturated rings. The van der Waals surface area contributed by atoms with Gasteiger partial charge in [0.1, 0.15) is 0 Å². The summed E-state index contributed by atoms with van der Waals surface area (Å²) >= 11 is 0. The minimum absolute atomic E-state index is 0.272. The van der Waals surface area contributed by atoms with E-state index in [0.717, 1.165) is 6.42 Å². The molecule has 1 aliphatic rings. The van der Waals surface area contributed by atoms with Gasteiger partial charge >= 0.3 is 0 Å². The van der Waals surface area contributed by atoms with E-state index in [4.69, 9.17) is 5.73 Å². The molecule has 1 aromatic carbocycles. The molecule has 12 heavy (non-hydrogen) atoms. The van der Waals surface area contributed by atoms with Gasteiger partial charge in [-0.3, -0.25) is 0 Å². The van der Waals surface area contributed by atoms with Gasteiger partial charge in [0.15, 0.2) is 0 Å². The van der Waals surface area contributed by atoms with Crippen molar-refractivity contribution in [2.24, 2.45) is 5.73 Å². The molecule has 1 aromatic rings. The average molecular weight is 161 g/mol. The van der Waals surface area contributed by atoms with Crippen molar-refractivity contribution in [3.63, 3.8) is 0 Å². The highest BCUT2D eigenvalue weighted by molar-refractivity contribution is 5.36. The normalized spacial score (nSPS) is 33.4. The van der Waals surface area contributed by atoms with E-state index in [1.807, 2.05) is 0 Å². The fraction of sp³-hybridized carbons (Fsp3) is 0.455. The zero-order valence-electron chi connectivity index (χ0n) is 7.67. The number of rotatable bonds is 1. The number of hydrogen-bond acceptors (Lipinski definition) is 1. The van der Waals surface area contributed by atoms with E-state index in [1.165, 1.54) is 11.1 Å². The third-order valence-corrected chi connectivity index (χ3v) is 3.01. The summed E-state index contributed by atoms with van der Waals surface area (Å²) in [6.07, 6.45) is 1.13. The Bertz CT molecular complexity index is 288. The summed E-state index contributed by atoms with van der Waals surface area (Å²) in [4.78, 5) is 0. The van der Waals surface area contributed by atoms with E-state index in [2.05, 4.69) is 38.1 Å². The molecule has 0 saturated heterocycles. The summed E-state index contributed by atoms with van der Waals surface area (Å²) < 4.78 is 0. The maximum absolute atomic E-state index is 5.87. The van der Waals surface area contributed by atoms with E-state index in [0.29, 0.717) is 6.04 Å². The minimum atomic E-state index is 0.272. The van der Waals surface area contributed by atoms with Crippen LogP contribution in [0.15, 0.2) is 24.3 Å². The molecule has 0 bridgehead atoms. The van der Waals surface area contributed by atoms with E-state index < -0.39 is 0 Å². The molecule has 2 rings (SSSR count). The summed E-state index contributed by atoms with van der Waals surface area (Å²) in [6, 6.07) is 9.09. The van der Waals surface area contributed by atoms with Crippen molar-refractivity contribution in [1.29, 1.82) is 0 Å². The molecule has 0 aromatic heterocycles. The Balaban J connectivity index is 2.31. The second-order valence-corrected chi connectivity index (χ2v) is 4.09. The first-order valence-corrected chi connectivity index (χ1v) is 4.46. The predicted octanol–water partition coefficient (Wildman–Crippen LogP) is 1.98. The highest BCUT2D eigenvalue weighted by atomic mass is 14.8. The van der Waals surface area contributed by atoms with Crippen LogP contribution in [0.5, 0.6) is 0 Å². The van der Waals surface area contributed by atoms with Crippen molar-refractivity contribution >= 4 is 0 Å². The van der Waals surface area contributed by atoms with Gasteiger partial charge in [0.2, 0.25) is 0 Å². The lowest BCUT2D eigenvalue weighted by atomic mass is 9.97. The van der Waals surface area contributed by atoms with Crippen LogP contribution < -0.4 is 5.73 Å². The van der Waals surface area contributed by atoms with Gasteiger partial charge in [0.25, 0.3) is 0 Å². The van der Waals surface area contributed by atoms with Crippen molar-refractivity contribution < 1.29 is 0 Å². The zero-order valence-corrected chi connectivity index (χ0v) is 7.67. The average Bonchev–Trinajstić information content (AvgIpc) is 2.62. The first-order valence-electron chi connectivity index (χ1n) is 4.46. The fourth-order valence-corrected chi connectivity index (χ4v) is 1.66. The van der Waals surface area contributed by atoms with Crippen molar-refractivity contribution in [1.82, 2.24) is 0 Å². The molecule has 0 amide bonds. The largest absolute Gasteiger partial charge is 0.327 e. The lowest BCUT2D eigenvalue weighted by Crippen LogP contribution is -2.14. The third-order valence-electron chi connectivity index (χ3n) is 3.01. The summed E-state index contributed by atoms with van der Waals surface area (Å²) in [5.74, 6) is 0. The summed E-state index contributed by atoms with van der Waals surface area (Å²) in [7, 11) is 0. The lowest BCUT2D eigenvalue weighted by Gasteiger charge is -2.09. The highest BCUT2D eigenvalue weighted by Crippen LogP contribution is 2.46. The first-order chi connectivity index (χ1) is 5.63. The van der Waals surface area contributed by atoms with Crippen molar-refractivity contribution in [2.75, 3.05) is 0 Å². The molecule has 2 N–H and O–H groups in total. The molecule has 64 valence electrons. The standard InChI is InChI=1S/C11H15N/c1-8-3-5-9(6-4-8)11(2)7-10(11)12/h3-6,10H,7,12H2,1-2H3. The maximum atomic E-state index is 5.87. The van der Waals surface area contributed by atoms with Crippen LogP contribution in [0.1, 0.15) is 24.5 Å². The molecule has 1 saturated carbocycles. The monoisotopic (exact) mass is 161 g/mol. The van der Waals surface area contributed by atoms with Gasteiger partial charge in [-0.05, 0) is 18.9 Å². The zero-order chi connectivity index (χ0) is 8.77. The minimum Gasteiger partial charge on any atom is -0.327 e. The van der Waals surface area contributed by atoms with Gasteiger partial charge in [-0.25, -0.2) is 0 Å². The van der Waals surface area contributed by atoms with Crippen LogP contribution in [0, 0.1) is 6.92 Å². The molecule has 0 heterocycles. The Morgan fingerprint density at radius 3 is 2.25 bits per heavy atom. The Kier molecular flexibility index (Phi) is 1.52. The Morgan fingerprint density at radius 2 is 1.83 bits per heavy atom. The highest BCUT2D eigenvalue weighted by Gasteiger charge is 2.48. The number of nitrogens with two attached hydrogens (primary N) is 1. The maximum Gasteiger partial charge on any atom is 0.0143 e. The van der Waals surface area contributed by atoms with Gasteiger partial charge in [-0.15, -0.1) is 0 Å². The number of benzene rings is 1. The molecular weight excluding hydrogens is 146 g/mol. The van der Waals surface area contributed by atoms with Crippen LogP contribution in [-0.2, 0) is 5.41 Å². The molecule has 2 atom stereocenters. The van der Waals surface area contributed by atoms with Crippen molar-refractivity contribution in [3.8, 4) is 0 Å². The summed E-state index contributed by atoms with van der Waals surface area (Å²) in [5.41, 5.74) is 8.85. The van der Waals surface area contributed by atoms with Crippen LogP contribution in [0.4, 0.5) is 0 Å². The fourth-order valence-electron chi connectivity index (χ4n) is 1.66. The second-order valence-electron chi connectivity index (χ2n) is 4.09. The van der Waals surface area contributed by atoms with Crippen LogP contribution in [-0.4, -0.2) is 6.04 Å². The molecule has 0 aliphatic heterocycles. The quantitative estimate of drug-likeness (QED) is 0.669. The van der Waals surface area contributed by atoms with Gasteiger partial charge in [0, 0.05) is 11.5 Å². The molecule has 1 heteroatoms. The second kappa shape index (κ2) is 2.33. The van der Waals surface area contributed by atoms with Crippen LogP contribution in [0.3, 0.4) is 0 Å². The molecule has 0 radical (unpaired) electrons. The molecule has 0 spiro atoms. The van der Waals surface area contributed by atoms with E-state index in [-0.39, 0.29) is 5.41 Å². The van der Waals surface area contributed by atoms with E-state index in [9.17, 15) is 0 Å².